The van der Waals surface area contributed by atoms with Crippen LogP contribution >= 0.6 is 0 Å². The third-order valence-electron chi connectivity index (χ3n) is 7.25. The lowest BCUT2D eigenvalue weighted by Crippen LogP contribution is -2.39. The predicted molar refractivity (Wildman–Crippen MR) is 146 cm³/mol. The van der Waals surface area contributed by atoms with Crippen molar-refractivity contribution in [1.29, 1.82) is 0 Å². The van der Waals surface area contributed by atoms with Gasteiger partial charge < -0.3 is 30.2 Å². The fraction of sp³-hybridized carbons (Fsp3) is 0.233. The molecule has 0 spiro atoms. The molecule has 2 aromatic carbocycles. The second-order valence-electron chi connectivity index (χ2n) is 10.2. The van der Waals surface area contributed by atoms with Crippen LogP contribution in [0.2, 0.25) is 0 Å². The van der Waals surface area contributed by atoms with Crippen LogP contribution in [0.4, 0.5) is 4.39 Å². The number of aliphatic hydroxyl groups is 1. The number of nitrogens with zero attached hydrogens (tertiary/aromatic N) is 2. The van der Waals surface area contributed by atoms with Crippen LogP contribution in [0.3, 0.4) is 0 Å². The van der Waals surface area contributed by atoms with Gasteiger partial charge in [-0.15, -0.1) is 0 Å². The van der Waals surface area contributed by atoms with Gasteiger partial charge in [-0.05, 0) is 62.4 Å². The highest BCUT2D eigenvalue weighted by Crippen LogP contribution is 2.47. The molecular formula is C30H29FN4O5. The van der Waals surface area contributed by atoms with Crippen molar-refractivity contribution >= 4 is 5.91 Å². The van der Waals surface area contributed by atoms with Gasteiger partial charge >= 0.3 is 0 Å². The largest absolute Gasteiger partial charge is 0.496 e. The number of methoxy groups -OCH3 is 1. The molecule has 2 aromatic heterocycles. The quantitative estimate of drug-likeness (QED) is 0.299. The van der Waals surface area contributed by atoms with E-state index in [1.54, 1.807) is 49.5 Å². The summed E-state index contributed by atoms with van der Waals surface area (Å²) >= 11 is 0. The summed E-state index contributed by atoms with van der Waals surface area (Å²) in [5.74, 6) is 0.148. The Bertz CT molecular complexity index is 1580. The molecule has 0 fully saturated rings. The summed E-state index contributed by atoms with van der Waals surface area (Å²) in [7, 11) is 1.50. The molecule has 0 bridgehead atoms. The molecule has 0 radical (unpaired) electrons. The molecule has 1 aliphatic rings. The molecule has 9 nitrogen and oxygen atoms in total. The molecule has 10 heteroatoms. The number of halogens is 1. The number of hydrogen-bond acceptors (Lipinski definition) is 8. The number of fused-ring (bicyclic) bond motifs is 1. The van der Waals surface area contributed by atoms with Crippen LogP contribution in [0.25, 0.3) is 22.4 Å². The Morgan fingerprint density at radius 3 is 2.65 bits per heavy atom. The number of carbonyl (C=O) groups is 1. The summed E-state index contributed by atoms with van der Waals surface area (Å²) in [5, 5.41) is 18.0. The molecule has 0 unspecified atom stereocenters. The number of ether oxygens (including phenoxy) is 2. The minimum absolute atomic E-state index is 0.155. The van der Waals surface area contributed by atoms with Crippen molar-refractivity contribution < 1.29 is 28.3 Å². The number of rotatable bonds is 8. The van der Waals surface area contributed by atoms with E-state index in [0.717, 1.165) is 5.56 Å². The maximum absolute atomic E-state index is 13.7. The molecule has 3 heterocycles. The van der Waals surface area contributed by atoms with Crippen molar-refractivity contribution in [3.05, 3.63) is 95.9 Å². The average Bonchev–Trinajstić information content (AvgIpc) is 3.60. The first kappa shape index (κ1) is 26.9. The van der Waals surface area contributed by atoms with Crippen LogP contribution in [0, 0.1) is 5.82 Å². The van der Waals surface area contributed by atoms with E-state index in [2.05, 4.69) is 17.1 Å². The summed E-state index contributed by atoms with van der Waals surface area (Å²) < 4.78 is 30.0. The molecule has 0 aliphatic carbocycles. The number of amides is 1. The van der Waals surface area contributed by atoms with Crippen LogP contribution in [-0.2, 0) is 11.0 Å². The van der Waals surface area contributed by atoms with Crippen LogP contribution in [0.15, 0.2) is 77.8 Å². The summed E-state index contributed by atoms with van der Waals surface area (Å²) in [4.78, 5) is 17.8. The zero-order valence-corrected chi connectivity index (χ0v) is 22.3. The summed E-state index contributed by atoms with van der Waals surface area (Å²) in [6.45, 7) is 7.46. The van der Waals surface area contributed by atoms with E-state index in [4.69, 9.17) is 24.7 Å². The first-order chi connectivity index (χ1) is 19.0. The second kappa shape index (κ2) is 10.1. The van der Waals surface area contributed by atoms with Gasteiger partial charge in [-0.1, -0.05) is 11.7 Å². The van der Waals surface area contributed by atoms with E-state index in [1.807, 2.05) is 6.92 Å². The van der Waals surface area contributed by atoms with Crippen LogP contribution in [-0.4, -0.2) is 41.4 Å². The van der Waals surface area contributed by atoms with E-state index in [1.165, 1.54) is 25.5 Å². The normalized spacial score (nSPS) is 17.4. The monoisotopic (exact) mass is 544 g/mol. The summed E-state index contributed by atoms with van der Waals surface area (Å²) in [6.07, 6.45) is 3.03. The van der Waals surface area contributed by atoms with E-state index in [9.17, 15) is 14.3 Å². The third-order valence-corrected chi connectivity index (χ3v) is 7.25. The molecule has 1 aliphatic heterocycles. The van der Waals surface area contributed by atoms with E-state index in [0.29, 0.717) is 45.1 Å². The molecule has 4 aromatic rings. The highest BCUT2D eigenvalue weighted by Gasteiger charge is 2.42. The first-order valence-corrected chi connectivity index (χ1v) is 12.5. The van der Waals surface area contributed by atoms with Crippen molar-refractivity contribution in [2.24, 2.45) is 5.73 Å². The predicted octanol–water partition coefficient (Wildman–Crippen LogP) is 4.31. The van der Waals surface area contributed by atoms with Crippen LogP contribution < -0.4 is 20.5 Å². The van der Waals surface area contributed by atoms with Gasteiger partial charge in [-0.2, -0.15) is 0 Å². The Hall–Kier alpha value is -4.70. The number of carbonyl (C=O) groups excluding carboxylic acids is 1. The van der Waals surface area contributed by atoms with Gasteiger partial charge in [0.15, 0.2) is 0 Å². The summed E-state index contributed by atoms with van der Waals surface area (Å²) in [6, 6.07) is 12.5. The Labute approximate surface area is 230 Å². The average molecular weight is 545 g/mol. The van der Waals surface area contributed by atoms with Gasteiger partial charge in [-0.3, -0.25) is 4.79 Å². The Morgan fingerprint density at radius 1 is 1.25 bits per heavy atom. The van der Waals surface area contributed by atoms with Crippen LogP contribution in [0.1, 0.15) is 35.5 Å². The van der Waals surface area contributed by atoms with Gasteiger partial charge in [0.2, 0.25) is 0 Å². The lowest BCUT2D eigenvalue weighted by atomic mass is 9.80. The van der Waals surface area contributed by atoms with E-state index < -0.39 is 22.7 Å². The number of benzene rings is 2. The third kappa shape index (κ3) is 4.77. The minimum atomic E-state index is -1.59. The van der Waals surface area contributed by atoms with Crippen molar-refractivity contribution in [2.45, 2.75) is 24.9 Å². The molecule has 5 rings (SSSR count). The van der Waals surface area contributed by atoms with Crippen molar-refractivity contribution in [2.75, 3.05) is 20.3 Å². The van der Waals surface area contributed by atoms with Crippen molar-refractivity contribution in [1.82, 2.24) is 15.5 Å². The highest BCUT2D eigenvalue weighted by atomic mass is 19.1. The fourth-order valence-corrected chi connectivity index (χ4v) is 4.58. The summed E-state index contributed by atoms with van der Waals surface area (Å²) in [5.41, 5.74) is 8.01. The Morgan fingerprint density at radius 2 is 2.00 bits per heavy atom. The number of pyridine rings is 1. The SMILES string of the molecule is C=C(N)[C@@]1(C)COc2c1cc([C@@](C)(O)CNC(=O)c1ccc(-c3cnoc3)c(OC)c1)nc2-c1ccc(F)cc1. The smallest absolute Gasteiger partial charge is 0.251 e. The van der Waals surface area contributed by atoms with Gasteiger partial charge in [-0.25, -0.2) is 9.37 Å². The van der Waals surface area contributed by atoms with Gasteiger partial charge in [0.1, 0.15) is 41.5 Å². The maximum Gasteiger partial charge on any atom is 0.251 e. The number of nitrogens with one attached hydrogen (secondary N) is 1. The molecule has 4 N–H and O–H groups in total. The zero-order valence-electron chi connectivity index (χ0n) is 22.3. The van der Waals surface area contributed by atoms with Gasteiger partial charge in [0.05, 0.1) is 31.0 Å². The molecule has 40 heavy (non-hydrogen) atoms. The van der Waals surface area contributed by atoms with Crippen molar-refractivity contribution in [3.63, 3.8) is 0 Å². The number of hydrogen-bond donors (Lipinski definition) is 3. The number of aromatic nitrogens is 2. The molecule has 206 valence electrons. The van der Waals surface area contributed by atoms with E-state index >= 15 is 0 Å². The van der Waals surface area contributed by atoms with Crippen molar-refractivity contribution in [3.8, 4) is 33.9 Å². The molecular weight excluding hydrogens is 515 g/mol. The van der Waals surface area contributed by atoms with Crippen LogP contribution in [0.5, 0.6) is 11.5 Å². The number of nitrogens with two attached hydrogens (primary N) is 1. The Balaban J connectivity index is 1.45. The standard InChI is InChI=1S/C30H29FN4O5/c1-17(32)29(2)16-39-27-23(29)12-25(35-26(27)18-5-8-21(31)9-6-18)30(3,37)15-33-28(36)19-7-10-22(24(11-19)38-4)20-13-34-40-14-20/h5-14,37H,1,15-16,32H2,2-4H3,(H,33,36)/t29-,30+/m1/s1. The lowest BCUT2D eigenvalue weighted by Gasteiger charge is -2.27. The highest BCUT2D eigenvalue weighted by molar-refractivity contribution is 5.95. The lowest BCUT2D eigenvalue weighted by molar-refractivity contribution is 0.0489. The van der Waals surface area contributed by atoms with Gasteiger partial charge in [0, 0.05) is 33.5 Å². The molecule has 2 atom stereocenters. The zero-order chi connectivity index (χ0) is 28.7. The minimum Gasteiger partial charge on any atom is -0.496 e. The fourth-order valence-electron chi connectivity index (χ4n) is 4.58. The topological polar surface area (TPSA) is 133 Å². The second-order valence-corrected chi connectivity index (χ2v) is 10.2. The molecule has 1 amide bonds. The van der Waals surface area contributed by atoms with Gasteiger partial charge in [0.25, 0.3) is 5.91 Å². The maximum atomic E-state index is 13.7. The molecule has 0 saturated carbocycles. The Kier molecular flexibility index (Phi) is 6.80. The van der Waals surface area contributed by atoms with E-state index in [-0.39, 0.29) is 18.8 Å². The molecule has 0 saturated heterocycles. The first-order valence-electron chi connectivity index (χ1n) is 12.5.